The maximum Gasteiger partial charge on any atom is 0.387 e. The van der Waals surface area contributed by atoms with E-state index in [2.05, 4.69) is 4.74 Å². The summed E-state index contributed by atoms with van der Waals surface area (Å²) in [6, 6.07) is 2.52. The number of nitro benzene ring substituents is 1. The summed E-state index contributed by atoms with van der Waals surface area (Å²) >= 11 is 0. The minimum Gasteiger partial charge on any atom is -0.478 e. The molecule has 0 amide bonds. The lowest BCUT2D eigenvalue weighted by atomic mass is 10.1. The highest BCUT2D eigenvalue weighted by atomic mass is 19.3. The van der Waals surface area contributed by atoms with E-state index in [1.807, 2.05) is 0 Å². The van der Waals surface area contributed by atoms with Gasteiger partial charge < -0.3 is 9.84 Å². The third-order valence-electron chi connectivity index (χ3n) is 1.86. The number of halogens is 2. The summed E-state index contributed by atoms with van der Waals surface area (Å²) in [5.41, 5.74) is -2.24. The molecule has 0 unspecified atom stereocenters. The van der Waals surface area contributed by atoms with Crippen molar-refractivity contribution in [2.75, 3.05) is 0 Å². The molecule has 0 radical (unpaired) electrons. The smallest absolute Gasteiger partial charge is 0.387 e. The Labute approximate surface area is 98.0 Å². The highest BCUT2D eigenvalue weighted by molar-refractivity contribution is 5.92. The Hall–Kier alpha value is -2.76. The number of nitriles is 1. The lowest BCUT2D eigenvalue weighted by Gasteiger charge is -2.08. The molecule has 0 atom stereocenters. The van der Waals surface area contributed by atoms with E-state index in [0.717, 1.165) is 0 Å². The van der Waals surface area contributed by atoms with Crippen LogP contribution in [0.1, 0.15) is 15.9 Å². The molecule has 1 N–H and O–H groups in total. The lowest BCUT2D eigenvalue weighted by Crippen LogP contribution is -2.08. The number of carboxylic acid groups (broad SMARTS) is 1. The van der Waals surface area contributed by atoms with Crippen molar-refractivity contribution in [1.82, 2.24) is 0 Å². The normalized spacial score (nSPS) is 9.89. The average molecular weight is 258 g/mol. The quantitative estimate of drug-likeness (QED) is 0.650. The predicted molar refractivity (Wildman–Crippen MR) is 51.4 cm³/mol. The molecule has 1 aromatic carbocycles. The van der Waals surface area contributed by atoms with Gasteiger partial charge in [0, 0.05) is 6.07 Å². The monoisotopic (exact) mass is 258 g/mol. The van der Waals surface area contributed by atoms with Crippen LogP contribution in [0.25, 0.3) is 0 Å². The van der Waals surface area contributed by atoms with Crippen molar-refractivity contribution in [2.45, 2.75) is 6.61 Å². The summed E-state index contributed by atoms with van der Waals surface area (Å²) in [6.45, 7) is -3.33. The minimum absolute atomic E-state index is 0.567. The summed E-state index contributed by atoms with van der Waals surface area (Å²) < 4.78 is 28.0. The van der Waals surface area contributed by atoms with E-state index in [1.54, 1.807) is 0 Å². The van der Waals surface area contributed by atoms with Crippen LogP contribution in [0.3, 0.4) is 0 Å². The fraction of sp³-hybridized carbons (Fsp3) is 0.111. The molecule has 0 fully saturated rings. The van der Waals surface area contributed by atoms with Crippen LogP contribution in [-0.4, -0.2) is 22.6 Å². The molecule has 0 heterocycles. The molecule has 0 aromatic heterocycles. The fourth-order valence-corrected chi connectivity index (χ4v) is 1.18. The van der Waals surface area contributed by atoms with Gasteiger partial charge in [-0.2, -0.15) is 14.0 Å². The van der Waals surface area contributed by atoms with E-state index in [1.165, 1.54) is 6.07 Å². The molecule has 0 spiro atoms. The van der Waals surface area contributed by atoms with E-state index in [9.17, 15) is 23.7 Å². The van der Waals surface area contributed by atoms with Gasteiger partial charge in [-0.15, -0.1) is 0 Å². The summed E-state index contributed by atoms with van der Waals surface area (Å²) in [6.07, 6.45) is 0. The van der Waals surface area contributed by atoms with Crippen molar-refractivity contribution in [2.24, 2.45) is 0 Å². The summed E-state index contributed by atoms with van der Waals surface area (Å²) in [5, 5.41) is 27.9. The molecule has 0 bridgehead atoms. The Morgan fingerprint density at radius 1 is 1.56 bits per heavy atom. The molecule has 1 rings (SSSR count). The topological polar surface area (TPSA) is 113 Å². The minimum atomic E-state index is -3.33. The van der Waals surface area contributed by atoms with Crippen LogP contribution in [0.2, 0.25) is 0 Å². The van der Waals surface area contributed by atoms with E-state index >= 15 is 0 Å². The Morgan fingerprint density at radius 3 is 2.56 bits per heavy atom. The maximum absolute atomic E-state index is 12.1. The highest BCUT2D eigenvalue weighted by Crippen LogP contribution is 2.29. The Kier molecular flexibility index (Phi) is 3.73. The van der Waals surface area contributed by atoms with Crippen LogP contribution >= 0.6 is 0 Å². The number of hydrogen-bond donors (Lipinski definition) is 1. The van der Waals surface area contributed by atoms with Gasteiger partial charge >= 0.3 is 12.6 Å². The van der Waals surface area contributed by atoms with Gasteiger partial charge in [-0.05, 0) is 0 Å². The van der Waals surface area contributed by atoms with E-state index in [0.29, 0.717) is 12.1 Å². The molecule has 0 aliphatic carbocycles. The van der Waals surface area contributed by atoms with Crippen molar-refractivity contribution in [1.29, 1.82) is 5.26 Å². The zero-order valence-corrected chi connectivity index (χ0v) is 8.46. The number of ether oxygens (including phenoxy) is 1. The van der Waals surface area contributed by atoms with Crippen LogP contribution < -0.4 is 4.74 Å². The number of nitro groups is 1. The number of hydrogen-bond acceptors (Lipinski definition) is 5. The van der Waals surface area contributed by atoms with Crippen molar-refractivity contribution in [3.05, 3.63) is 33.4 Å². The molecule has 94 valence electrons. The molecule has 0 saturated carbocycles. The number of carbonyl (C=O) groups is 1. The predicted octanol–water partition coefficient (Wildman–Crippen LogP) is 1.77. The highest BCUT2D eigenvalue weighted by Gasteiger charge is 2.23. The molecule has 9 heteroatoms. The zero-order chi connectivity index (χ0) is 13.9. The van der Waals surface area contributed by atoms with Crippen molar-refractivity contribution in [3.8, 4) is 11.8 Å². The van der Waals surface area contributed by atoms with E-state index < -0.39 is 40.1 Å². The molecule has 1 aromatic rings. The van der Waals surface area contributed by atoms with Crippen LogP contribution in [0.5, 0.6) is 5.75 Å². The van der Waals surface area contributed by atoms with E-state index in [4.69, 9.17) is 10.4 Å². The first-order valence-corrected chi connectivity index (χ1v) is 4.27. The molecule has 0 saturated heterocycles. The summed E-state index contributed by atoms with van der Waals surface area (Å²) in [4.78, 5) is 20.3. The molecule has 0 aliphatic rings. The van der Waals surface area contributed by atoms with Crippen LogP contribution in [0.15, 0.2) is 12.1 Å². The van der Waals surface area contributed by atoms with Crippen molar-refractivity contribution >= 4 is 11.7 Å². The first-order valence-electron chi connectivity index (χ1n) is 4.27. The Balaban J connectivity index is 3.52. The third-order valence-corrected chi connectivity index (χ3v) is 1.86. The second-order valence-corrected chi connectivity index (χ2v) is 2.92. The molecular weight excluding hydrogens is 254 g/mol. The van der Waals surface area contributed by atoms with Crippen LogP contribution in [-0.2, 0) is 0 Å². The standard InChI is InChI=1S/C9H4F2N2O5/c10-9(11)18-7-2-4(13(16)17)1-5(8(14)15)6(7)3-12/h1-2,9H,(H,14,15). The first-order chi connectivity index (χ1) is 8.36. The van der Waals surface area contributed by atoms with Gasteiger partial charge in [-0.3, -0.25) is 10.1 Å². The van der Waals surface area contributed by atoms with Gasteiger partial charge in [0.15, 0.2) is 5.75 Å². The second kappa shape index (κ2) is 5.05. The van der Waals surface area contributed by atoms with Gasteiger partial charge in [0.25, 0.3) is 5.69 Å². The molecule has 18 heavy (non-hydrogen) atoms. The number of rotatable bonds is 4. The average Bonchev–Trinajstić information content (AvgIpc) is 2.26. The number of alkyl halides is 2. The Morgan fingerprint density at radius 2 is 2.17 bits per heavy atom. The Bertz CT molecular complexity index is 553. The van der Waals surface area contributed by atoms with Crippen LogP contribution in [0, 0.1) is 21.4 Å². The van der Waals surface area contributed by atoms with Crippen molar-refractivity contribution < 1.29 is 28.3 Å². The van der Waals surface area contributed by atoms with Crippen LogP contribution in [0.4, 0.5) is 14.5 Å². The van der Waals surface area contributed by atoms with Gasteiger partial charge in [0.05, 0.1) is 16.6 Å². The number of nitrogens with zero attached hydrogens (tertiary/aromatic N) is 2. The number of aromatic carboxylic acids is 1. The summed E-state index contributed by atoms with van der Waals surface area (Å²) in [7, 11) is 0. The largest absolute Gasteiger partial charge is 0.478 e. The SMILES string of the molecule is N#Cc1c(OC(F)F)cc([N+](=O)[O-])cc1C(=O)O. The fourth-order valence-electron chi connectivity index (χ4n) is 1.18. The maximum atomic E-state index is 12.1. The molecule has 0 aliphatic heterocycles. The van der Waals surface area contributed by atoms with Gasteiger partial charge in [0.1, 0.15) is 11.6 Å². The second-order valence-electron chi connectivity index (χ2n) is 2.92. The number of carboxylic acids is 1. The van der Waals surface area contributed by atoms with Crippen molar-refractivity contribution in [3.63, 3.8) is 0 Å². The van der Waals surface area contributed by atoms with Gasteiger partial charge in [-0.25, -0.2) is 4.79 Å². The third kappa shape index (κ3) is 2.67. The first kappa shape index (κ1) is 13.3. The van der Waals surface area contributed by atoms with Gasteiger partial charge in [-0.1, -0.05) is 0 Å². The molecule has 7 nitrogen and oxygen atoms in total. The molecular formula is C9H4F2N2O5. The number of non-ortho nitro benzene ring substituents is 1. The number of benzene rings is 1. The summed E-state index contributed by atoms with van der Waals surface area (Å²) in [5.74, 6) is -2.51. The van der Waals surface area contributed by atoms with Gasteiger partial charge in [0.2, 0.25) is 0 Å². The lowest BCUT2D eigenvalue weighted by molar-refractivity contribution is -0.385. The zero-order valence-electron chi connectivity index (χ0n) is 8.46. The van der Waals surface area contributed by atoms with E-state index in [-0.39, 0.29) is 0 Å².